The lowest BCUT2D eigenvalue weighted by Crippen LogP contribution is -2.50. The van der Waals surface area contributed by atoms with Gasteiger partial charge in [-0.25, -0.2) is 4.79 Å². The molecule has 0 aromatic rings. The molecule has 2 amide bonds. The average molecular weight is 240 g/mol. The molecule has 0 aromatic carbocycles. The second-order valence-corrected chi connectivity index (χ2v) is 5.20. The molecular formula is C12H24N4O. The molecule has 5 heteroatoms. The van der Waals surface area contributed by atoms with Crippen LogP contribution in [-0.4, -0.2) is 67.7 Å². The zero-order chi connectivity index (χ0) is 12.3. The Kier molecular flexibility index (Phi) is 4.23. The maximum atomic E-state index is 11.7. The van der Waals surface area contributed by atoms with Crippen LogP contribution in [0.25, 0.3) is 0 Å². The molecule has 0 aromatic heterocycles. The minimum absolute atomic E-state index is 0.112. The van der Waals surface area contributed by atoms with E-state index in [1.807, 2.05) is 4.90 Å². The minimum Gasteiger partial charge on any atom is -0.333 e. The first-order valence-corrected chi connectivity index (χ1v) is 6.66. The van der Waals surface area contributed by atoms with Gasteiger partial charge in [-0.2, -0.15) is 0 Å². The van der Waals surface area contributed by atoms with Crippen molar-refractivity contribution >= 4 is 6.03 Å². The van der Waals surface area contributed by atoms with E-state index in [1.54, 1.807) is 0 Å². The number of carbonyl (C=O) groups is 1. The standard InChI is InChI=1S/C12H24N4O/c1-3-10-9-16(12(17)14-10)6-4-11-8-15(2)7-5-13-11/h10-11,13H,3-9H2,1-2H3,(H,14,17). The third-order valence-electron chi connectivity index (χ3n) is 3.75. The van der Waals surface area contributed by atoms with E-state index in [0.29, 0.717) is 12.1 Å². The van der Waals surface area contributed by atoms with Crippen molar-refractivity contribution in [2.75, 3.05) is 39.8 Å². The summed E-state index contributed by atoms with van der Waals surface area (Å²) in [7, 11) is 2.16. The van der Waals surface area contributed by atoms with Gasteiger partial charge >= 0.3 is 6.03 Å². The van der Waals surface area contributed by atoms with Crippen molar-refractivity contribution in [1.82, 2.24) is 20.4 Å². The van der Waals surface area contributed by atoms with E-state index in [4.69, 9.17) is 0 Å². The SMILES string of the molecule is CCC1CN(CCC2CN(C)CCN2)C(=O)N1. The van der Waals surface area contributed by atoms with Crippen LogP contribution in [0.4, 0.5) is 4.79 Å². The minimum atomic E-state index is 0.112. The summed E-state index contributed by atoms with van der Waals surface area (Å²) in [5.74, 6) is 0. The molecule has 2 heterocycles. The number of hydrogen-bond acceptors (Lipinski definition) is 3. The molecule has 0 spiro atoms. The molecule has 2 rings (SSSR count). The van der Waals surface area contributed by atoms with Crippen LogP contribution in [0.2, 0.25) is 0 Å². The fraction of sp³-hybridized carbons (Fsp3) is 0.917. The fourth-order valence-corrected chi connectivity index (χ4v) is 2.58. The van der Waals surface area contributed by atoms with E-state index >= 15 is 0 Å². The molecule has 2 aliphatic heterocycles. The number of nitrogens with zero attached hydrogens (tertiary/aromatic N) is 2. The molecule has 2 atom stereocenters. The van der Waals surface area contributed by atoms with E-state index in [1.165, 1.54) is 0 Å². The first-order chi connectivity index (χ1) is 8.19. The molecule has 2 unspecified atom stereocenters. The van der Waals surface area contributed by atoms with Crippen molar-refractivity contribution < 1.29 is 4.79 Å². The summed E-state index contributed by atoms with van der Waals surface area (Å²) in [6.45, 7) is 7.13. The van der Waals surface area contributed by atoms with Gasteiger partial charge in [0, 0.05) is 44.8 Å². The highest BCUT2D eigenvalue weighted by Crippen LogP contribution is 2.09. The Morgan fingerprint density at radius 3 is 2.82 bits per heavy atom. The van der Waals surface area contributed by atoms with Crippen molar-refractivity contribution in [3.63, 3.8) is 0 Å². The number of amides is 2. The summed E-state index contributed by atoms with van der Waals surface area (Å²) < 4.78 is 0. The third kappa shape index (κ3) is 3.33. The van der Waals surface area contributed by atoms with Crippen molar-refractivity contribution in [3.05, 3.63) is 0 Å². The number of likely N-dealkylation sites (N-methyl/N-ethyl adjacent to an activating group) is 1. The molecular weight excluding hydrogens is 216 g/mol. The highest BCUT2D eigenvalue weighted by Gasteiger charge is 2.27. The molecule has 0 radical (unpaired) electrons. The van der Waals surface area contributed by atoms with Gasteiger partial charge in [0.2, 0.25) is 0 Å². The molecule has 2 saturated heterocycles. The molecule has 0 aliphatic carbocycles. The Balaban J connectivity index is 1.72. The molecule has 2 aliphatic rings. The Bertz CT molecular complexity index is 271. The number of rotatable bonds is 4. The molecule has 5 nitrogen and oxygen atoms in total. The van der Waals surface area contributed by atoms with Gasteiger partial charge in [-0.1, -0.05) is 6.92 Å². The Morgan fingerprint density at radius 1 is 1.35 bits per heavy atom. The fourth-order valence-electron chi connectivity index (χ4n) is 2.58. The Morgan fingerprint density at radius 2 is 2.18 bits per heavy atom. The predicted octanol–water partition coefficient (Wildman–Crippen LogP) is 0.0839. The van der Waals surface area contributed by atoms with Crippen LogP contribution < -0.4 is 10.6 Å². The van der Waals surface area contributed by atoms with Crippen molar-refractivity contribution in [2.24, 2.45) is 0 Å². The first-order valence-electron chi connectivity index (χ1n) is 6.66. The van der Waals surface area contributed by atoms with E-state index in [-0.39, 0.29) is 6.03 Å². The summed E-state index contributed by atoms with van der Waals surface area (Å²) in [6, 6.07) is 0.993. The van der Waals surface area contributed by atoms with Crippen LogP contribution >= 0.6 is 0 Å². The van der Waals surface area contributed by atoms with E-state index in [0.717, 1.165) is 45.6 Å². The monoisotopic (exact) mass is 240 g/mol. The van der Waals surface area contributed by atoms with Crippen LogP contribution in [-0.2, 0) is 0 Å². The third-order valence-corrected chi connectivity index (χ3v) is 3.75. The molecule has 2 fully saturated rings. The van der Waals surface area contributed by atoms with Crippen molar-refractivity contribution in [1.29, 1.82) is 0 Å². The summed E-state index contributed by atoms with van der Waals surface area (Å²) in [6.07, 6.45) is 2.07. The molecule has 0 saturated carbocycles. The van der Waals surface area contributed by atoms with Gasteiger partial charge in [0.25, 0.3) is 0 Å². The van der Waals surface area contributed by atoms with Crippen LogP contribution in [0.5, 0.6) is 0 Å². The van der Waals surface area contributed by atoms with Gasteiger partial charge in [-0.05, 0) is 19.9 Å². The van der Waals surface area contributed by atoms with Gasteiger partial charge in [0.05, 0.1) is 0 Å². The zero-order valence-electron chi connectivity index (χ0n) is 10.9. The highest BCUT2D eigenvalue weighted by atomic mass is 16.2. The molecule has 98 valence electrons. The van der Waals surface area contributed by atoms with Crippen LogP contribution in [0.1, 0.15) is 19.8 Å². The molecule has 17 heavy (non-hydrogen) atoms. The van der Waals surface area contributed by atoms with Crippen LogP contribution in [0.3, 0.4) is 0 Å². The number of nitrogens with one attached hydrogen (secondary N) is 2. The number of carbonyl (C=O) groups excluding carboxylic acids is 1. The maximum absolute atomic E-state index is 11.7. The second kappa shape index (κ2) is 5.69. The zero-order valence-corrected chi connectivity index (χ0v) is 10.9. The number of piperazine rings is 1. The summed E-state index contributed by atoms with van der Waals surface area (Å²) in [5, 5.41) is 6.52. The molecule has 0 bridgehead atoms. The van der Waals surface area contributed by atoms with Crippen LogP contribution in [0.15, 0.2) is 0 Å². The van der Waals surface area contributed by atoms with Crippen molar-refractivity contribution in [2.45, 2.75) is 31.8 Å². The lowest BCUT2D eigenvalue weighted by Gasteiger charge is -2.31. The largest absolute Gasteiger partial charge is 0.333 e. The maximum Gasteiger partial charge on any atom is 0.317 e. The first kappa shape index (κ1) is 12.6. The van der Waals surface area contributed by atoms with E-state index in [9.17, 15) is 4.79 Å². The highest BCUT2D eigenvalue weighted by molar-refractivity contribution is 5.76. The Hall–Kier alpha value is -0.810. The van der Waals surface area contributed by atoms with Crippen LogP contribution in [0, 0.1) is 0 Å². The quantitative estimate of drug-likeness (QED) is 0.732. The number of urea groups is 1. The second-order valence-electron chi connectivity index (χ2n) is 5.20. The normalized spacial score (nSPS) is 30.7. The summed E-state index contributed by atoms with van der Waals surface area (Å²) in [4.78, 5) is 16.0. The van der Waals surface area contributed by atoms with Gasteiger partial charge in [0.1, 0.15) is 0 Å². The number of hydrogen-bond donors (Lipinski definition) is 2. The van der Waals surface area contributed by atoms with Crippen molar-refractivity contribution in [3.8, 4) is 0 Å². The smallest absolute Gasteiger partial charge is 0.317 e. The molecule has 2 N–H and O–H groups in total. The van der Waals surface area contributed by atoms with Gasteiger partial charge < -0.3 is 20.4 Å². The average Bonchev–Trinajstić information content (AvgIpc) is 2.68. The lowest BCUT2D eigenvalue weighted by atomic mass is 10.1. The van der Waals surface area contributed by atoms with Gasteiger partial charge in [-0.3, -0.25) is 0 Å². The van der Waals surface area contributed by atoms with Gasteiger partial charge in [0.15, 0.2) is 0 Å². The lowest BCUT2D eigenvalue weighted by molar-refractivity contribution is 0.201. The summed E-state index contributed by atoms with van der Waals surface area (Å²) in [5.41, 5.74) is 0. The van der Waals surface area contributed by atoms with E-state index in [2.05, 4.69) is 29.5 Å². The van der Waals surface area contributed by atoms with E-state index < -0.39 is 0 Å². The van der Waals surface area contributed by atoms with Gasteiger partial charge in [-0.15, -0.1) is 0 Å². The summed E-state index contributed by atoms with van der Waals surface area (Å²) >= 11 is 0. The topological polar surface area (TPSA) is 47.6 Å². The predicted molar refractivity (Wildman–Crippen MR) is 68.1 cm³/mol. The Labute approximate surface area is 104 Å².